The standard InChI is InChI=1S/C14H19NO4/c1-9-7-11(5-6-12(9)19-4)13(16)15(3)8-10(2)14(17)18/h5-7,10H,8H2,1-4H3,(H,17,18). The van der Waals surface area contributed by atoms with E-state index in [1.54, 1.807) is 39.3 Å². The third-order valence-electron chi connectivity index (χ3n) is 2.96. The topological polar surface area (TPSA) is 66.8 Å². The lowest BCUT2D eigenvalue weighted by Gasteiger charge is -2.20. The van der Waals surface area contributed by atoms with Crippen molar-refractivity contribution in [1.82, 2.24) is 4.90 Å². The molecule has 0 radical (unpaired) electrons. The van der Waals surface area contributed by atoms with Crippen LogP contribution in [0.4, 0.5) is 0 Å². The van der Waals surface area contributed by atoms with E-state index in [0.717, 1.165) is 11.3 Å². The zero-order valence-electron chi connectivity index (χ0n) is 11.6. The predicted octanol–water partition coefficient (Wildman–Crippen LogP) is 1.80. The maximum Gasteiger partial charge on any atom is 0.308 e. The van der Waals surface area contributed by atoms with E-state index in [-0.39, 0.29) is 12.5 Å². The summed E-state index contributed by atoms with van der Waals surface area (Å²) in [7, 11) is 3.17. The molecule has 5 nitrogen and oxygen atoms in total. The Morgan fingerprint density at radius 1 is 1.42 bits per heavy atom. The summed E-state index contributed by atoms with van der Waals surface area (Å²) in [4.78, 5) is 24.3. The van der Waals surface area contributed by atoms with Gasteiger partial charge in [0.15, 0.2) is 0 Å². The minimum Gasteiger partial charge on any atom is -0.496 e. The van der Waals surface area contributed by atoms with Crippen molar-refractivity contribution in [1.29, 1.82) is 0 Å². The number of nitrogens with zero attached hydrogens (tertiary/aromatic N) is 1. The van der Waals surface area contributed by atoms with Gasteiger partial charge in [-0.25, -0.2) is 0 Å². The zero-order valence-corrected chi connectivity index (χ0v) is 11.6. The highest BCUT2D eigenvalue weighted by molar-refractivity contribution is 5.94. The second-order valence-electron chi connectivity index (χ2n) is 4.61. The first-order chi connectivity index (χ1) is 8.86. The molecular formula is C14H19NO4. The van der Waals surface area contributed by atoms with Crippen molar-refractivity contribution in [3.8, 4) is 5.75 Å². The van der Waals surface area contributed by atoms with Crippen molar-refractivity contribution >= 4 is 11.9 Å². The molecule has 0 heterocycles. The Morgan fingerprint density at radius 2 is 2.05 bits per heavy atom. The number of ether oxygens (including phenoxy) is 1. The number of carboxylic acids is 1. The SMILES string of the molecule is COc1ccc(C(=O)N(C)CC(C)C(=O)O)cc1C. The molecule has 1 N–H and O–H groups in total. The van der Waals surface area contributed by atoms with E-state index in [4.69, 9.17) is 9.84 Å². The fourth-order valence-electron chi connectivity index (χ4n) is 1.80. The van der Waals surface area contributed by atoms with Gasteiger partial charge in [0.2, 0.25) is 0 Å². The molecule has 1 atom stereocenters. The molecule has 1 rings (SSSR count). The van der Waals surface area contributed by atoms with Crippen LogP contribution in [-0.2, 0) is 4.79 Å². The van der Waals surface area contributed by atoms with E-state index >= 15 is 0 Å². The summed E-state index contributed by atoms with van der Waals surface area (Å²) in [6.07, 6.45) is 0. The molecule has 0 aliphatic carbocycles. The third kappa shape index (κ3) is 3.71. The normalized spacial score (nSPS) is 11.8. The number of benzene rings is 1. The second-order valence-corrected chi connectivity index (χ2v) is 4.61. The van der Waals surface area contributed by atoms with E-state index < -0.39 is 11.9 Å². The molecule has 104 valence electrons. The van der Waals surface area contributed by atoms with Gasteiger partial charge in [-0.2, -0.15) is 0 Å². The Labute approximate surface area is 112 Å². The molecule has 1 aromatic rings. The number of carbonyl (C=O) groups is 2. The molecule has 1 amide bonds. The number of rotatable bonds is 5. The average molecular weight is 265 g/mol. The lowest BCUT2D eigenvalue weighted by atomic mass is 10.1. The molecule has 0 saturated heterocycles. The van der Waals surface area contributed by atoms with Gasteiger partial charge in [-0.05, 0) is 30.7 Å². The third-order valence-corrected chi connectivity index (χ3v) is 2.96. The van der Waals surface area contributed by atoms with Crippen molar-refractivity contribution in [3.05, 3.63) is 29.3 Å². The summed E-state index contributed by atoms with van der Waals surface area (Å²) >= 11 is 0. The van der Waals surface area contributed by atoms with Crippen LogP contribution in [0.5, 0.6) is 5.75 Å². The van der Waals surface area contributed by atoms with E-state index in [2.05, 4.69) is 0 Å². The van der Waals surface area contributed by atoms with E-state index in [1.807, 2.05) is 6.92 Å². The lowest BCUT2D eigenvalue weighted by molar-refractivity contribution is -0.141. The highest BCUT2D eigenvalue weighted by Gasteiger charge is 2.18. The summed E-state index contributed by atoms with van der Waals surface area (Å²) < 4.78 is 5.13. The van der Waals surface area contributed by atoms with Gasteiger partial charge in [0.05, 0.1) is 13.0 Å². The minimum atomic E-state index is -0.912. The van der Waals surface area contributed by atoms with Crippen LogP contribution in [0.2, 0.25) is 0 Å². The van der Waals surface area contributed by atoms with Crippen molar-refractivity contribution in [2.75, 3.05) is 20.7 Å². The number of hydrogen-bond donors (Lipinski definition) is 1. The number of methoxy groups -OCH3 is 1. The first kappa shape index (κ1) is 15.0. The predicted molar refractivity (Wildman–Crippen MR) is 71.5 cm³/mol. The van der Waals surface area contributed by atoms with Crippen LogP contribution in [-0.4, -0.2) is 42.6 Å². The van der Waals surface area contributed by atoms with E-state index in [1.165, 1.54) is 4.90 Å². The molecule has 5 heteroatoms. The molecule has 19 heavy (non-hydrogen) atoms. The number of amides is 1. The Balaban J connectivity index is 2.82. The molecule has 1 unspecified atom stereocenters. The van der Waals surface area contributed by atoms with Gasteiger partial charge in [0.1, 0.15) is 5.75 Å². The van der Waals surface area contributed by atoms with E-state index in [0.29, 0.717) is 5.56 Å². The van der Waals surface area contributed by atoms with E-state index in [9.17, 15) is 9.59 Å². The summed E-state index contributed by atoms with van der Waals surface area (Å²) in [6.45, 7) is 3.61. The molecule has 0 spiro atoms. The Morgan fingerprint density at radius 3 is 2.53 bits per heavy atom. The largest absolute Gasteiger partial charge is 0.496 e. The van der Waals surface area contributed by atoms with Crippen molar-refractivity contribution in [2.24, 2.45) is 5.92 Å². The molecule has 0 saturated carbocycles. The summed E-state index contributed by atoms with van der Waals surface area (Å²) in [5.41, 5.74) is 1.39. The summed E-state index contributed by atoms with van der Waals surface area (Å²) in [5.74, 6) is -0.976. The molecule has 0 fully saturated rings. The van der Waals surface area contributed by atoms with Gasteiger partial charge in [0, 0.05) is 19.2 Å². The number of aliphatic carboxylic acids is 1. The molecular weight excluding hydrogens is 246 g/mol. The van der Waals surface area contributed by atoms with Gasteiger partial charge in [-0.15, -0.1) is 0 Å². The first-order valence-corrected chi connectivity index (χ1v) is 5.99. The van der Waals surface area contributed by atoms with Crippen molar-refractivity contribution in [2.45, 2.75) is 13.8 Å². The number of carbonyl (C=O) groups excluding carboxylic acids is 1. The molecule has 0 aliphatic rings. The smallest absolute Gasteiger partial charge is 0.308 e. The minimum absolute atomic E-state index is 0.180. The van der Waals surface area contributed by atoms with Crippen molar-refractivity contribution < 1.29 is 19.4 Å². The van der Waals surface area contributed by atoms with Gasteiger partial charge >= 0.3 is 5.97 Å². The first-order valence-electron chi connectivity index (χ1n) is 5.99. The lowest BCUT2D eigenvalue weighted by Crippen LogP contribution is -2.33. The molecule has 0 aromatic heterocycles. The highest BCUT2D eigenvalue weighted by Crippen LogP contribution is 2.19. The summed E-state index contributed by atoms with van der Waals surface area (Å²) in [6, 6.07) is 5.15. The molecule has 1 aromatic carbocycles. The number of hydrogen-bond acceptors (Lipinski definition) is 3. The van der Waals surface area contributed by atoms with Gasteiger partial charge in [-0.3, -0.25) is 9.59 Å². The van der Waals surface area contributed by atoms with Crippen molar-refractivity contribution in [3.63, 3.8) is 0 Å². The van der Waals surface area contributed by atoms with Gasteiger partial charge in [-0.1, -0.05) is 6.92 Å². The molecule has 0 aliphatic heterocycles. The van der Waals surface area contributed by atoms with Crippen LogP contribution in [0, 0.1) is 12.8 Å². The maximum absolute atomic E-state index is 12.1. The average Bonchev–Trinajstić information content (AvgIpc) is 2.37. The Kier molecular flexibility index (Phi) is 4.92. The zero-order chi connectivity index (χ0) is 14.6. The molecule has 0 bridgehead atoms. The second kappa shape index (κ2) is 6.22. The van der Waals surface area contributed by atoms with Crippen LogP contribution in [0.1, 0.15) is 22.8 Å². The van der Waals surface area contributed by atoms with Crippen LogP contribution in [0.15, 0.2) is 18.2 Å². The number of carboxylic acid groups (broad SMARTS) is 1. The fraction of sp³-hybridized carbons (Fsp3) is 0.429. The fourth-order valence-corrected chi connectivity index (χ4v) is 1.80. The number of aryl methyl sites for hydroxylation is 1. The Bertz CT molecular complexity index is 484. The quantitative estimate of drug-likeness (QED) is 0.881. The van der Waals surface area contributed by atoms with Crippen LogP contribution in [0.3, 0.4) is 0 Å². The summed E-state index contributed by atoms with van der Waals surface area (Å²) in [5, 5.41) is 8.84. The van der Waals surface area contributed by atoms with Gasteiger partial charge < -0.3 is 14.7 Å². The maximum atomic E-state index is 12.1. The monoisotopic (exact) mass is 265 g/mol. The van der Waals surface area contributed by atoms with Gasteiger partial charge in [0.25, 0.3) is 5.91 Å². The highest BCUT2D eigenvalue weighted by atomic mass is 16.5. The van der Waals surface area contributed by atoms with Crippen LogP contribution >= 0.6 is 0 Å². The van der Waals surface area contributed by atoms with Crippen LogP contribution < -0.4 is 4.74 Å². The Hall–Kier alpha value is -2.04. The van der Waals surface area contributed by atoms with Crippen LogP contribution in [0.25, 0.3) is 0 Å².